The fraction of sp³-hybridized carbons (Fsp3) is 0.276. The Morgan fingerprint density at radius 2 is 1.85 bits per heavy atom. The third-order valence-electron chi connectivity index (χ3n) is 6.20. The minimum atomic E-state index is -1.43. The van der Waals surface area contributed by atoms with E-state index in [2.05, 4.69) is 32.1 Å². The minimum absolute atomic E-state index is 0.371. The summed E-state index contributed by atoms with van der Waals surface area (Å²) in [6.07, 6.45) is 1.62. The fourth-order valence-corrected chi connectivity index (χ4v) is 3.83. The van der Waals surface area contributed by atoms with Crippen molar-refractivity contribution in [3.63, 3.8) is 0 Å². The smallest absolute Gasteiger partial charge is 0.263 e. The van der Waals surface area contributed by atoms with Gasteiger partial charge in [0, 0.05) is 37.3 Å². The van der Waals surface area contributed by atoms with Gasteiger partial charge in [-0.3, -0.25) is 4.79 Å². The molecule has 2 aromatic heterocycles. The van der Waals surface area contributed by atoms with Gasteiger partial charge in [-0.25, -0.2) is 19.9 Å². The lowest BCUT2D eigenvalue weighted by Crippen LogP contribution is -2.35. The van der Waals surface area contributed by atoms with Crippen LogP contribution >= 0.6 is 0 Å². The summed E-state index contributed by atoms with van der Waals surface area (Å²) in [5, 5.41) is 13.5. The molecular formula is C29H30N6O5. The molecule has 2 heterocycles. The number of methoxy groups -OCH3 is 3. The van der Waals surface area contributed by atoms with Gasteiger partial charge in [-0.1, -0.05) is 11.8 Å². The molecule has 0 fully saturated rings. The maximum absolute atomic E-state index is 12.2. The molecule has 11 heteroatoms. The molecule has 206 valence electrons. The molecule has 11 nitrogen and oxygen atoms in total. The van der Waals surface area contributed by atoms with Crippen molar-refractivity contribution in [3.05, 3.63) is 60.0 Å². The molecule has 0 saturated carbocycles. The number of benzene rings is 2. The van der Waals surface area contributed by atoms with Gasteiger partial charge in [0.2, 0.25) is 0 Å². The first kappa shape index (κ1) is 28.1. The highest BCUT2D eigenvalue weighted by atomic mass is 16.5. The number of fused-ring (bicyclic) bond motifs is 1. The number of nitrogens with one attached hydrogen (secondary N) is 1. The number of aliphatic hydroxyl groups is 1. The molecule has 0 aliphatic carbocycles. The number of nitrogens with zero attached hydrogens (tertiary/aromatic N) is 5. The van der Waals surface area contributed by atoms with E-state index in [1.165, 1.54) is 11.2 Å². The maximum atomic E-state index is 12.2. The third kappa shape index (κ3) is 6.19. The molecule has 0 spiro atoms. The van der Waals surface area contributed by atoms with Crippen molar-refractivity contribution >= 4 is 22.8 Å². The van der Waals surface area contributed by atoms with Crippen molar-refractivity contribution in [2.75, 3.05) is 40.2 Å². The lowest BCUT2D eigenvalue weighted by Gasteiger charge is -2.15. The van der Waals surface area contributed by atoms with Crippen LogP contribution in [0.1, 0.15) is 18.1 Å². The summed E-state index contributed by atoms with van der Waals surface area (Å²) in [5.41, 5.74) is 3.11. The molecule has 0 saturated heterocycles. The first-order valence-corrected chi connectivity index (χ1v) is 12.4. The van der Waals surface area contributed by atoms with Gasteiger partial charge in [-0.2, -0.15) is 0 Å². The van der Waals surface area contributed by atoms with E-state index in [-0.39, 0.29) is 0 Å². The number of carbonyl (C=O) groups excluding carboxylic acids is 1. The predicted molar refractivity (Wildman–Crippen MR) is 150 cm³/mol. The maximum Gasteiger partial charge on any atom is 0.263 e. The van der Waals surface area contributed by atoms with Crippen LogP contribution in [0, 0.1) is 11.8 Å². The largest absolute Gasteiger partial charge is 0.497 e. The topological polar surface area (TPSA) is 132 Å². The quantitative estimate of drug-likeness (QED) is 0.304. The number of anilines is 1. The Hall–Kier alpha value is -4.95. The summed E-state index contributed by atoms with van der Waals surface area (Å²) in [4.78, 5) is 31.5. The van der Waals surface area contributed by atoms with Crippen LogP contribution in [0.25, 0.3) is 22.4 Å². The van der Waals surface area contributed by atoms with Crippen molar-refractivity contribution < 1.29 is 24.1 Å². The van der Waals surface area contributed by atoms with Crippen LogP contribution in [0.2, 0.25) is 0 Å². The minimum Gasteiger partial charge on any atom is -0.497 e. The molecule has 1 atom stereocenters. The van der Waals surface area contributed by atoms with E-state index >= 15 is 0 Å². The summed E-state index contributed by atoms with van der Waals surface area (Å²) in [6, 6.07) is 10.8. The second-order valence-corrected chi connectivity index (χ2v) is 8.62. The SMILES string of the molecule is CCN(C)C(=O)[C@H](O)C#Cc1ccc(OC)c(-c2ncc3ncnc(NCc4ccc(OC)cc4OC)c3n2)c1. The fourth-order valence-electron chi connectivity index (χ4n) is 3.83. The predicted octanol–water partition coefficient (Wildman–Crippen LogP) is 2.92. The molecule has 40 heavy (non-hydrogen) atoms. The van der Waals surface area contributed by atoms with E-state index in [0.717, 1.165) is 5.56 Å². The number of amides is 1. The van der Waals surface area contributed by atoms with E-state index in [0.29, 0.717) is 64.1 Å². The summed E-state index contributed by atoms with van der Waals surface area (Å²) in [7, 11) is 6.36. The zero-order valence-electron chi connectivity index (χ0n) is 22.9. The Kier molecular flexibility index (Phi) is 8.93. The van der Waals surface area contributed by atoms with Gasteiger partial charge in [0.15, 0.2) is 17.7 Å². The normalized spacial score (nSPS) is 11.2. The molecule has 0 aliphatic heterocycles. The lowest BCUT2D eigenvalue weighted by atomic mass is 10.1. The average molecular weight is 543 g/mol. The Balaban J connectivity index is 1.66. The molecule has 4 rings (SSSR count). The van der Waals surface area contributed by atoms with Crippen molar-refractivity contribution in [3.8, 4) is 40.5 Å². The number of likely N-dealkylation sites (N-methyl/N-ethyl adjacent to an activating group) is 1. The molecule has 0 unspecified atom stereocenters. The van der Waals surface area contributed by atoms with Crippen LogP contribution < -0.4 is 19.5 Å². The van der Waals surface area contributed by atoms with Crippen LogP contribution in [-0.2, 0) is 11.3 Å². The van der Waals surface area contributed by atoms with Crippen molar-refractivity contribution in [2.45, 2.75) is 19.6 Å². The van der Waals surface area contributed by atoms with Gasteiger partial charge >= 0.3 is 0 Å². The van der Waals surface area contributed by atoms with Gasteiger partial charge in [0.1, 0.15) is 34.6 Å². The summed E-state index contributed by atoms with van der Waals surface area (Å²) >= 11 is 0. The monoisotopic (exact) mass is 542 g/mol. The first-order valence-electron chi connectivity index (χ1n) is 12.4. The van der Waals surface area contributed by atoms with E-state index in [1.807, 2.05) is 25.1 Å². The van der Waals surface area contributed by atoms with Gasteiger partial charge in [-0.15, -0.1) is 0 Å². The molecule has 4 aromatic rings. The highest BCUT2D eigenvalue weighted by Gasteiger charge is 2.17. The van der Waals surface area contributed by atoms with Gasteiger partial charge < -0.3 is 29.5 Å². The highest BCUT2D eigenvalue weighted by molar-refractivity contribution is 5.86. The van der Waals surface area contributed by atoms with Crippen LogP contribution in [-0.4, -0.2) is 76.9 Å². The Morgan fingerprint density at radius 3 is 2.58 bits per heavy atom. The molecule has 0 bridgehead atoms. The zero-order chi connectivity index (χ0) is 28.6. The van der Waals surface area contributed by atoms with E-state index in [4.69, 9.17) is 19.2 Å². The number of rotatable bonds is 9. The number of hydrogen-bond acceptors (Lipinski definition) is 10. The molecule has 2 N–H and O–H groups in total. The number of aliphatic hydroxyl groups excluding tert-OH is 1. The van der Waals surface area contributed by atoms with E-state index in [1.54, 1.807) is 52.8 Å². The molecule has 0 aliphatic rings. The van der Waals surface area contributed by atoms with Crippen LogP contribution in [0.15, 0.2) is 48.9 Å². The molecule has 2 aromatic carbocycles. The number of aromatic nitrogens is 4. The Bertz CT molecular complexity index is 1580. The van der Waals surface area contributed by atoms with Crippen LogP contribution in [0.3, 0.4) is 0 Å². The molecular weight excluding hydrogens is 512 g/mol. The summed E-state index contributed by atoms with van der Waals surface area (Å²) < 4.78 is 16.3. The van der Waals surface area contributed by atoms with E-state index in [9.17, 15) is 9.90 Å². The van der Waals surface area contributed by atoms with Crippen molar-refractivity contribution in [2.24, 2.45) is 0 Å². The lowest BCUT2D eigenvalue weighted by molar-refractivity contribution is -0.135. The zero-order valence-corrected chi connectivity index (χ0v) is 22.9. The third-order valence-corrected chi connectivity index (χ3v) is 6.20. The second-order valence-electron chi connectivity index (χ2n) is 8.62. The molecule has 0 radical (unpaired) electrons. The number of hydrogen-bond donors (Lipinski definition) is 2. The van der Waals surface area contributed by atoms with Gasteiger partial charge in [0.25, 0.3) is 5.91 Å². The Morgan fingerprint density at radius 1 is 1.05 bits per heavy atom. The summed E-state index contributed by atoms with van der Waals surface area (Å²) in [6.45, 7) is 2.71. The summed E-state index contributed by atoms with van der Waals surface area (Å²) in [5.74, 6) is 7.78. The van der Waals surface area contributed by atoms with Gasteiger partial charge in [-0.05, 0) is 37.3 Å². The average Bonchev–Trinajstić information content (AvgIpc) is 3.01. The van der Waals surface area contributed by atoms with E-state index < -0.39 is 12.0 Å². The molecule has 1 amide bonds. The van der Waals surface area contributed by atoms with Crippen LogP contribution in [0.5, 0.6) is 17.2 Å². The second kappa shape index (κ2) is 12.7. The first-order chi connectivity index (χ1) is 19.4. The van der Waals surface area contributed by atoms with Crippen molar-refractivity contribution in [1.82, 2.24) is 24.8 Å². The number of ether oxygens (including phenoxy) is 3. The Labute approximate surface area is 232 Å². The standard InChI is InChI=1S/C29H30N6O5/c1-6-35(2)29(37)23(36)11-7-18-8-12-24(39-4)21(13-18)27-31-16-22-26(34-27)28(33-17-32-22)30-15-19-9-10-20(38-3)14-25(19)40-5/h8-10,12-14,16-17,23,36H,6,15H2,1-5H3,(H,30,32,33)/t23-/m1/s1. The van der Waals surface area contributed by atoms with Crippen molar-refractivity contribution in [1.29, 1.82) is 0 Å². The highest BCUT2D eigenvalue weighted by Crippen LogP contribution is 2.31. The number of carbonyl (C=O) groups is 1. The van der Waals surface area contributed by atoms with Gasteiger partial charge in [0.05, 0.1) is 33.1 Å². The van der Waals surface area contributed by atoms with Crippen LogP contribution in [0.4, 0.5) is 5.82 Å².